The van der Waals surface area contributed by atoms with Crippen LogP contribution in [0.5, 0.6) is 0 Å². The molecule has 4 heterocycles. The molecule has 2 aliphatic rings. The van der Waals surface area contributed by atoms with Crippen LogP contribution in [0.1, 0.15) is 50.5 Å². The van der Waals surface area contributed by atoms with E-state index < -0.39 is 0 Å². The van der Waals surface area contributed by atoms with Crippen LogP contribution in [0.25, 0.3) is 5.78 Å². The van der Waals surface area contributed by atoms with Gasteiger partial charge in [0.25, 0.3) is 5.78 Å². The summed E-state index contributed by atoms with van der Waals surface area (Å²) in [5.74, 6) is 2.79. The Labute approximate surface area is 137 Å². The number of rotatable bonds is 3. The van der Waals surface area contributed by atoms with E-state index in [2.05, 4.69) is 27.8 Å². The van der Waals surface area contributed by atoms with E-state index in [4.69, 9.17) is 10.1 Å². The Bertz CT molecular complexity index is 688. The lowest BCUT2D eigenvalue weighted by atomic mass is 10.0. The number of anilines is 1. The van der Waals surface area contributed by atoms with Crippen molar-refractivity contribution in [2.75, 3.05) is 24.5 Å². The number of hydrogen-bond acceptors (Lipinski definition) is 5. The molecule has 0 spiro atoms. The van der Waals surface area contributed by atoms with Gasteiger partial charge >= 0.3 is 0 Å². The molecule has 0 aromatic carbocycles. The molecule has 2 aromatic rings. The quantitative estimate of drug-likeness (QED) is 0.871. The summed E-state index contributed by atoms with van der Waals surface area (Å²) in [6, 6.07) is 2.77. The maximum absolute atomic E-state index is 4.79. The van der Waals surface area contributed by atoms with E-state index in [0.717, 1.165) is 49.3 Å². The van der Waals surface area contributed by atoms with Crippen molar-refractivity contribution in [2.45, 2.75) is 58.5 Å². The summed E-state index contributed by atoms with van der Waals surface area (Å²) < 4.78 is 1.95. The Morgan fingerprint density at radius 3 is 2.65 bits per heavy atom. The number of hydrogen-bond donors (Lipinski definition) is 0. The Hall–Kier alpha value is -1.69. The third-order valence-corrected chi connectivity index (χ3v) is 5.18. The summed E-state index contributed by atoms with van der Waals surface area (Å²) in [7, 11) is 0. The molecule has 4 rings (SSSR count). The molecule has 1 unspecified atom stereocenters. The number of aryl methyl sites for hydroxylation is 1. The highest BCUT2D eigenvalue weighted by atomic mass is 15.4. The fourth-order valence-electron chi connectivity index (χ4n) is 3.82. The number of likely N-dealkylation sites (tertiary alicyclic amines) is 1. The van der Waals surface area contributed by atoms with Gasteiger partial charge in [-0.05, 0) is 46.1 Å². The molecule has 2 aromatic heterocycles. The van der Waals surface area contributed by atoms with Crippen molar-refractivity contribution in [3.8, 4) is 0 Å². The predicted octanol–water partition coefficient (Wildman–Crippen LogP) is 2.41. The van der Waals surface area contributed by atoms with Crippen molar-refractivity contribution in [2.24, 2.45) is 0 Å². The van der Waals surface area contributed by atoms with E-state index >= 15 is 0 Å². The second kappa shape index (κ2) is 6.07. The fourth-order valence-corrected chi connectivity index (χ4v) is 3.82. The standard InChI is InChI=1S/C17H26N6/c1-13-11-16(21-8-5-6-9-21)23-17(18-13)19-15(20-23)12-22-10-4-3-7-14(22)2/h11,14H,3-10,12H2,1-2H3. The van der Waals surface area contributed by atoms with E-state index in [1.54, 1.807) is 0 Å². The van der Waals surface area contributed by atoms with Crippen molar-refractivity contribution in [1.82, 2.24) is 24.5 Å². The van der Waals surface area contributed by atoms with E-state index in [0.29, 0.717) is 6.04 Å². The molecule has 1 atom stereocenters. The van der Waals surface area contributed by atoms with Crippen LogP contribution >= 0.6 is 0 Å². The molecule has 2 aliphatic heterocycles. The van der Waals surface area contributed by atoms with Crippen LogP contribution in [-0.2, 0) is 6.54 Å². The van der Waals surface area contributed by atoms with Crippen molar-refractivity contribution >= 4 is 11.6 Å². The molecule has 6 nitrogen and oxygen atoms in total. The van der Waals surface area contributed by atoms with Crippen LogP contribution in [0.3, 0.4) is 0 Å². The first-order valence-corrected chi connectivity index (χ1v) is 8.93. The molecule has 2 saturated heterocycles. The fraction of sp³-hybridized carbons (Fsp3) is 0.706. The zero-order valence-electron chi connectivity index (χ0n) is 14.2. The summed E-state index contributed by atoms with van der Waals surface area (Å²) in [4.78, 5) is 14.2. The lowest BCUT2D eigenvalue weighted by Gasteiger charge is -2.32. The Balaban J connectivity index is 1.65. The van der Waals surface area contributed by atoms with Gasteiger partial charge in [-0.2, -0.15) is 9.50 Å². The maximum atomic E-state index is 4.79. The minimum atomic E-state index is 0.628. The molecule has 0 N–H and O–H groups in total. The summed E-state index contributed by atoms with van der Waals surface area (Å²) >= 11 is 0. The zero-order chi connectivity index (χ0) is 15.8. The van der Waals surface area contributed by atoms with Gasteiger partial charge in [0.1, 0.15) is 5.82 Å². The van der Waals surface area contributed by atoms with Gasteiger partial charge in [-0.3, -0.25) is 4.90 Å². The maximum Gasteiger partial charge on any atom is 0.254 e. The van der Waals surface area contributed by atoms with Gasteiger partial charge in [0, 0.05) is 30.9 Å². The molecule has 0 radical (unpaired) electrons. The average molecular weight is 314 g/mol. The SMILES string of the molecule is Cc1cc(N2CCCC2)n2nc(CN3CCCCC3C)nc2n1. The van der Waals surface area contributed by atoms with Gasteiger partial charge in [0.2, 0.25) is 0 Å². The van der Waals surface area contributed by atoms with Crippen molar-refractivity contribution in [1.29, 1.82) is 0 Å². The molecule has 0 saturated carbocycles. The molecular formula is C17H26N6. The molecular weight excluding hydrogens is 288 g/mol. The minimum absolute atomic E-state index is 0.628. The molecule has 124 valence electrons. The van der Waals surface area contributed by atoms with Gasteiger partial charge in [-0.15, -0.1) is 5.10 Å². The second-order valence-corrected chi connectivity index (χ2v) is 7.00. The number of piperidine rings is 1. The minimum Gasteiger partial charge on any atom is -0.356 e. The van der Waals surface area contributed by atoms with Gasteiger partial charge in [-0.1, -0.05) is 6.42 Å². The number of aromatic nitrogens is 4. The topological polar surface area (TPSA) is 49.6 Å². The normalized spacial score (nSPS) is 23.0. The predicted molar refractivity (Wildman–Crippen MR) is 90.7 cm³/mol. The Kier molecular flexibility index (Phi) is 3.93. The summed E-state index contributed by atoms with van der Waals surface area (Å²) in [5, 5.41) is 4.79. The second-order valence-electron chi connectivity index (χ2n) is 7.00. The van der Waals surface area contributed by atoms with Crippen LogP contribution in [0.15, 0.2) is 6.07 Å². The van der Waals surface area contributed by atoms with Crippen LogP contribution in [0, 0.1) is 6.92 Å². The van der Waals surface area contributed by atoms with Crippen LogP contribution < -0.4 is 4.90 Å². The first-order chi connectivity index (χ1) is 11.2. The van der Waals surface area contributed by atoms with Gasteiger partial charge < -0.3 is 4.90 Å². The summed E-state index contributed by atoms with van der Waals surface area (Å²) in [5.41, 5.74) is 1.02. The average Bonchev–Trinajstić information content (AvgIpc) is 3.18. The van der Waals surface area contributed by atoms with Crippen molar-refractivity contribution in [3.63, 3.8) is 0 Å². The highest BCUT2D eigenvalue weighted by Gasteiger charge is 2.22. The monoisotopic (exact) mass is 314 g/mol. The molecule has 0 aliphatic carbocycles. The smallest absolute Gasteiger partial charge is 0.254 e. The summed E-state index contributed by atoms with van der Waals surface area (Å²) in [6.45, 7) is 8.56. The third-order valence-electron chi connectivity index (χ3n) is 5.18. The molecule has 0 bridgehead atoms. The third kappa shape index (κ3) is 2.92. The number of nitrogens with zero attached hydrogens (tertiary/aromatic N) is 6. The van der Waals surface area contributed by atoms with Crippen molar-refractivity contribution < 1.29 is 0 Å². The molecule has 2 fully saturated rings. The Morgan fingerprint density at radius 1 is 1.09 bits per heavy atom. The number of fused-ring (bicyclic) bond motifs is 1. The first kappa shape index (κ1) is 14.9. The van der Waals surface area contributed by atoms with E-state index in [1.165, 1.54) is 32.1 Å². The molecule has 0 amide bonds. The van der Waals surface area contributed by atoms with Gasteiger partial charge in [-0.25, -0.2) is 4.98 Å². The lowest BCUT2D eigenvalue weighted by molar-refractivity contribution is 0.149. The first-order valence-electron chi connectivity index (χ1n) is 8.93. The van der Waals surface area contributed by atoms with Gasteiger partial charge in [0.05, 0.1) is 6.54 Å². The van der Waals surface area contributed by atoms with Crippen LogP contribution in [-0.4, -0.2) is 50.2 Å². The molecule has 6 heteroatoms. The largest absolute Gasteiger partial charge is 0.356 e. The highest BCUT2D eigenvalue weighted by molar-refractivity contribution is 5.48. The summed E-state index contributed by atoms with van der Waals surface area (Å²) in [6.07, 6.45) is 6.43. The van der Waals surface area contributed by atoms with Crippen molar-refractivity contribution in [3.05, 3.63) is 17.6 Å². The Morgan fingerprint density at radius 2 is 1.87 bits per heavy atom. The van der Waals surface area contributed by atoms with Crippen LogP contribution in [0.4, 0.5) is 5.82 Å². The lowest BCUT2D eigenvalue weighted by Crippen LogP contribution is -2.37. The zero-order valence-corrected chi connectivity index (χ0v) is 14.2. The van der Waals surface area contributed by atoms with E-state index in [-0.39, 0.29) is 0 Å². The van der Waals surface area contributed by atoms with E-state index in [1.807, 2.05) is 11.4 Å². The van der Waals surface area contributed by atoms with Crippen LogP contribution in [0.2, 0.25) is 0 Å². The molecule has 23 heavy (non-hydrogen) atoms. The van der Waals surface area contributed by atoms with Gasteiger partial charge in [0.15, 0.2) is 5.82 Å². The highest BCUT2D eigenvalue weighted by Crippen LogP contribution is 2.22. The van der Waals surface area contributed by atoms with E-state index in [9.17, 15) is 0 Å².